The highest BCUT2D eigenvalue weighted by atomic mass is 16.5. The normalized spacial score (nSPS) is 10.4. The Morgan fingerprint density at radius 1 is 1.13 bits per heavy atom. The molecule has 0 fully saturated rings. The van der Waals surface area contributed by atoms with E-state index in [2.05, 4.69) is 6.07 Å². The molecule has 2 aromatic rings. The molecule has 2 aromatic carbocycles. The monoisotopic (exact) mass is 313 g/mol. The molecule has 0 bridgehead atoms. The highest BCUT2D eigenvalue weighted by Gasteiger charge is 2.13. The van der Waals surface area contributed by atoms with E-state index in [9.17, 15) is 4.79 Å². The first-order chi connectivity index (χ1) is 11.1. The van der Waals surface area contributed by atoms with Crippen molar-refractivity contribution in [2.75, 3.05) is 13.7 Å². The van der Waals surface area contributed by atoms with Crippen LogP contribution in [-0.2, 0) is 22.5 Å². The molecule has 23 heavy (non-hydrogen) atoms. The van der Waals surface area contributed by atoms with Gasteiger partial charge in [0.2, 0.25) is 0 Å². The molecule has 2 N–H and O–H groups in total. The van der Waals surface area contributed by atoms with Gasteiger partial charge in [-0.15, -0.1) is 0 Å². The van der Waals surface area contributed by atoms with E-state index in [0.717, 1.165) is 33.6 Å². The first kappa shape index (κ1) is 17.0. The van der Waals surface area contributed by atoms with E-state index in [1.165, 1.54) is 0 Å². The van der Waals surface area contributed by atoms with E-state index in [1.807, 2.05) is 37.3 Å². The quantitative estimate of drug-likeness (QED) is 0.832. The van der Waals surface area contributed by atoms with Crippen molar-refractivity contribution in [3.05, 3.63) is 53.1 Å². The summed E-state index contributed by atoms with van der Waals surface area (Å²) in [6.45, 7) is 4.67. The van der Waals surface area contributed by atoms with Crippen LogP contribution in [-0.4, -0.2) is 19.7 Å². The van der Waals surface area contributed by atoms with Crippen LogP contribution in [0.15, 0.2) is 36.4 Å². The number of carbonyl (C=O) groups excluding carboxylic acids is 1. The number of methoxy groups -OCH3 is 1. The zero-order valence-corrected chi connectivity index (χ0v) is 13.9. The molecular weight excluding hydrogens is 290 g/mol. The lowest BCUT2D eigenvalue weighted by atomic mass is 9.95. The van der Waals surface area contributed by atoms with Gasteiger partial charge in [-0.2, -0.15) is 0 Å². The first-order valence-corrected chi connectivity index (χ1v) is 7.71. The number of carbonyl (C=O) groups is 1. The molecule has 2 rings (SSSR count). The van der Waals surface area contributed by atoms with Crippen LogP contribution in [0.25, 0.3) is 11.1 Å². The lowest BCUT2D eigenvalue weighted by Gasteiger charge is -2.14. The van der Waals surface area contributed by atoms with Gasteiger partial charge in [-0.3, -0.25) is 4.79 Å². The Bertz CT molecular complexity index is 695. The Kier molecular flexibility index (Phi) is 5.77. The van der Waals surface area contributed by atoms with Crippen LogP contribution in [0.4, 0.5) is 0 Å². The van der Waals surface area contributed by atoms with Crippen molar-refractivity contribution in [3.63, 3.8) is 0 Å². The molecule has 0 amide bonds. The van der Waals surface area contributed by atoms with Crippen molar-refractivity contribution in [3.8, 4) is 16.9 Å². The van der Waals surface area contributed by atoms with E-state index in [0.29, 0.717) is 13.2 Å². The fourth-order valence-electron chi connectivity index (χ4n) is 2.61. The van der Waals surface area contributed by atoms with Gasteiger partial charge in [0.05, 0.1) is 20.1 Å². The van der Waals surface area contributed by atoms with Crippen LogP contribution >= 0.6 is 0 Å². The maximum absolute atomic E-state index is 11.7. The number of rotatable bonds is 6. The maximum Gasteiger partial charge on any atom is 0.310 e. The van der Waals surface area contributed by atoms with Gasteiger partial charge in [0.1, 0.15) is 5.75 Å². The molecule has 4 nitrogen and oxygen atoms in total. The second kappa shape index (κ2) is 7.79. The van der Waals surface area contributed by atoms with Crippen molar-refractivity contribution in [1.29, 1.82) is 0 Å². The number of ether oxygens (including phenoxy) is 2. The molecule has 0 aromatic heterocycles. The number of esters is 1. The molecule has 0 spiro atoms. The Morgan fingerprint density at radius 3 is 2.57 bits per heavy atom. The molecule has 0 unspecified atom stereocenters. The SMILES string of the molecule is CCOC(=O)Cc1ccc(OC)c(-c2ccc(C)cc2CN)c1. The zero-order chi connectivity index (χ0) is 16.8. The van der Waals surface area contributed by atoms with Crippen LogP contribution in [0.3, 0.4) is 0 Å². The molecule has 4 heteroatoms. The number of hydrogen-bond donors (Lipinski definition) is 1. The van der Waals surface area contributed by atoms with E-state index in [4.69, 9.17) is 15.2 Å². The third-order valence-electron chi connectivity index (χ3n) is 3.69. The van der Waals surface area contributed by atoms with Crippen LogP contribution in [0, 0.1) is 6.92 Å². The highest BCUT2D eigenvalue weighted by Crippen LogP contribution is 2.34. The van der Waals surface area contributed by atoms with Gasteiger partial charge in [-0.05, 0) is 42.7 Å². The Hall–Kier alpha value is -2.33. The standard InChI is InChI=1S/C19H23NO3/c1-4-23-19(21)11-14-6-8-18(22-3)17(10-14)16-7-5-13(2)9-15(16)12-20/h5-10H,4,11-12,20H2,1-3H3. The minimum absolute atomic E-state index is 0.230. The lowest BCUT2D eigenvalue weighted by Crippen LogP contribution is -2.08. The Balaban J connectivity index is 2.46. The fraction of sp³-hybridized carbons (Fsp3) is 0.316. The van der Waals surface area contributed by atoms with E-state index < -0.39 is 0 Å². The van der Waals surface area contributed by atoms with Gasteiger partial charge in [0, 0.05) is 12.1 Å². The second-order valence-electron chi connectivity index (χ2n) is 5.38. The lowest BCUT2D eigenvalue weighted by molar-refractivity contribution is -0.142. The van der Waals surface area contributed by atoms with E-state index >= 15 is 0 Å². The molecule has 122 valence electrons. The smallest absolute Gasteiger partial charge is 0.310 e. The summed E-state index contributed by atoms with van der Waals surface area (Å²) in [6.07, 6.45) is 0.245. The van der Waals surface area contributed by atoms with E-state index in [-0.39, 0.29) is 12.4 Å². The number of nitrogens with two attached hydrogens (primary N) is 1. The zero-order valence-electron chi connectivity index (χ0n) is 13.9. The minimum Gasteiger partial charge on any atom is -0.496 e. The predicted octanol–water partition coefficient (Wildman–Crippen LogP) is 3.23. The van der Waals surface area contributed by atoms with Crippen molar-refractivity contribution < 1.29 is 14.3 Å². The van der Waals surface area contributed by atoms with Crippen molar-refractivity contribution >= 4 is 5.97 Å². The first-order valence-electron chi connectivity index (χ1n) is 7.71. The van der Waals surface area contributed by atoms with Crippen LogP contribution < -0.4 is 10.5 Å². The molecule has 0 aliphatic carbocycles. The summed E-state index contributed by atoms with van der Waals surface area (Å²) in [4.78, 5) is 11.7. The highest BCUT2D eigenvalue weighted by molar-refractivity contribution is 5.77. The van der Waals surface area contributed by atoms with E-state index in [1.54, 1.807) is 14.0 Å². The minimum atomic E-state index is -0.230. The number of hydrogen-bond acceptors (Lipinski definition) is 4. The molecule has 0 radical (unpaired) electrons. The Morgan fingerprint density at radius 2 is 1.91 bits per heavy atom. The van der Waals surface area contributed by atoms with Crippen molar-refractivity contribution in [2.24, 2.45) is 5.73 Å². The van der Waals surface area contributed by atoms with Gasteiger partial charge in [0.15, 0.2) is 0 Å². The molecular formula is C19H23NO3. The van der Waals surface area contributed by atoms with Crippen molar-refractivity contribution in [2.45, 2.75) is 26.8 Å². The van der Waals surface area contributed by atoms with Gasteiger partial charge in [-0.1, -0.05) is 29.8 Å². The van der Waals surface area contributed by atoms with Gasteiger partial charge >= 0.3 is 5.97 Å². The summed E-state index contributed by atoms with van der Waals surface area (Å²) >= 11 is 0. The van der Waals surface area contributed by atoms with Gasteiger partial charge in [-0.25, -0.2) is 0 Å². The summed E-state index contributed by atoms with van der Waals surface area (Å²) in [5.74, 6) is 0.530. The summed E-state index contributed by atoms with van der Waals surface area (Å²) in [5, 5.41) is 0. The van der Waals surface area contributed by atoms with Crippen LogP contribution in [0.5, 0.6) is 5.75 Å². The van der Waals surface area contributed by atoms with Gasteiger partial charge < -0.3 is 15.2 Å². The molecule has 0 heterocycles. The summed E-state index contributed by atoms with van der Waals surface area (Å²) < 4.78 is 10.5. The molecule has 0 saturated carbocycles. The predicted molar refractivity (Wildman–Crippen MR) is 91.4 cm³/mol. The summed E-state index contributed by atoms with van der Waals surface area (Å²) in [7, 11) is 1.64. The average Bonchev–Trinajstić information content (AvgIpc) is 2.54. The number of aryl methyl sites for hydroxylation is 1. The van der Waals surface area contributed by atoms with Gasteiger partial charge in [0.25, 0.3) is 0 Å². The Labute approximate surface area is 137 Å². The molecule has 0 aliphatic rings. The van der Waals surface area contributed by atoms with Crippen LogP contribution in [0.2, 0.25) is 0 Å². The molecule has 0 aliphatic heterocycles. The maximum atomic E-state index is 11.7. The van der Waals surface area contributed by atoms with Crippen molar-refractivity contribution in [1.82, 2.24) is 0 Å². The summed E-state index contributed by atoms with van der Waals surface area (Å²) in [5.41, 5.74) is 11.0. The second-order valence-corrected chi connectivity index (χ2v) is 5.38. The fourth-order valence-corrected chi connectivity index (χ4v) is 2.61. The number of benzene rings is 2. The van der Waals surface area contributed by atoms with Crippen LogP contribution in [0.1, 0.15) is 23.6 Å². The third kappa shape index (κ3) is 4.11. The largest absolute Gasteiger partial charge is 0.496 e. The third-order valence-corrected chi connectivity index (χ3v) is 3.69. The molecule has 0 saturated heterocycles. The topological polar surface area (TPSA) is 61.5 Å². The molecule has 0 atom stereocenters. The average molecular weight is 313 g/mol. The summed E-state index contributed by atoms with van der Waals surface area (Å²) in [6, 6.07) is 11.9.